The number of fused-ring (bicyclic) bond motifs is 1. The van der Waals surface area contributed by atoms with Gasteiger partial charge in [-0.3, -0.25) is 18.7 Å². The van der Waals surface area contributed by atoms with Crippen LogP contribution in [0.4, 0.5) is 0 Å². The number of aryl methyl sites for hydroxylation is 1. The minimum absolute atomic E-state index is 0.0471. The molecule has 0 aliphatic carbocycles. The SMILES string of the molecule is COCCCNC(=O)c1ccc(Cn2c(=O)c3cc(OC)c(OC)cc3n(Cc3ccccc3C)c2=O)cc1. The minimum Gasteiger partial charge on any atom is -0.493 e. The molecule has 4 aromatic rings. The second-order valence-corrected chi connectivity index (χ2v) is 9.21. The zero-order valence-corrected chi connectivity index (χ0v) is 22.7. The molecule has 0 radical (unpaired) electrons. The summed E-state index contributed by atoms with van der Waals surface area (Å²) in [6.07, 6.45) is 0.719. The van der Waals surface area contributed by atoms with E-state index in [4.69, 9.17) is 14.2 Å². The van der Waals surface area contributed by atoms with Crippen molar-refractivity contribution in [1.82, 2.24) is 14.5 Å². The number of aromatic nitrogens is 2. The third-order valence-corrected chi connectivity index (χ3v) is 6.69. The number of carbonyl (C=O) groups is 1. The molecule has 0 atom stereocenters. The molecule has 4 rings (SSSR count). The lowest BCUT2D eigenvalue weighted by molar-refractivity contribution is 0.0948. The predicted octanol–water partition coefficient (Wildman–Crippen LogP) is 3.35. The van der Waals surface area contributed by atoms with Crippen LogP contribution in [0.2, 0.25) is 0 Å². The number of benzene rings is 3. The van der Waals surface area contributed by atoms with E-state index in [1.165, 1.54) is 18.8 Å². The molecule has 9 heteroatoms. The molecule has 0 aliphatic heterocycles. The summed E-state index contributed by atoms with van der Waals surface area (Å²) in [7, 11) is 4.63. The summed E-state index contributed by atoms with van der Waals surface area (Å²) in [6, 6.07) is 18.0. The average molecular weight is 532 g/mol. The summed E-state index contributed by atoms with van der Waals surface area (Å²) in [5.41, 5.74) is 2.79. The number of carbonyl (C=O) groups excluding carboxylic acids is 1. The standard InChI is InChI=1S/C30H33N3O6/c1-20-8-5-6-9-23(20)19-32-25-17-27(39-4)26(38-3)16-24(25)29(35)33(30(32)36)18-21-10-12-22(13-11-21)28(34)31-14-7-15-37-2/h5-6,8-13,16-17H,7,14-15,18-19H2,1-4H3,(H,31,34). The van der Waals surface area contributed by atoms with Crippen LogP contribution in [0.5, 0.6) is 11.5 Å². The summed E-state index contributed by atoms with van der Waals surface area (Å²) in [6.45, 7) is 3.39. The quantitative estimate of drug-likeness (QED) is 0.298. The zero-order chi connectivity index (χ0) is 27.9. The highest BCUT2D eigenvalue weighted by atomic mass is 16.5. The number of amides is 1. The van der Waals surface area contributed by atoms with Gasteiger partial charge in [-0.2, -0.15) is 0 Å². The van der Waals surface area contributed by atoms with Gasteiger partial charge in [-0.1, -0.05) is 36.4 Å². The predicted molar refractivity (Wildman–Crippen MR) is 150 cm³/mol. The van der Waals surface area contributed by atoms with E-state index in [0.717, 1.165) is 17.5 Å². The Balaban J connectivity index is 1.75. The molecular weight excluding hydrogens is 498 g/mol. The highest BCUT2D eigenvalue weighted by Crippen LogP contribution is 2.30. The van der Waals surface area contributed by atoms with Gasteiger partial charge in [-0.05, 0) is 48.2 Å². The molecule has 0 fully saturated rings. The Hall–Kier alpha value is -4.37. The number of rotatable bonds is 11. The van der Waals surface area contributed by atoms with Crippen molar-refractivity contribution in [3.8, 4) is 11.5 Å². The fraction of sp³-hybridized carbons (Fsp3) is 0.300. The molecule has 0 saturated heterocycles. The van der Waals surface area contributed by atoms with Crippen molar-refractivity contribution < 1.29 is 19.0 Å². The summed E-state index contributed by atoms with van der Waals surface area (Å²) < 4.78 is 18.7. The van der Waals surface area contributed by atoms with Crippen molar-refractivity contribution >= 4 is 16.8 Å². The van der Waals surface area contributed by atoms with Crippen molar-refractivity contribution in [3.05, 3.63) is 104 Å². The van der Waals surface area contributed by atoms with Gasteiger partial charge in [0.2, 0.25) is 0 Å². The highest BCUT2D eigenvalue weighted by molar-refractivity contribution is 5.94. The van der Waals surface area contributed by atoms with Gasteiger partial charge < -0.3 is 19.5 Å². The highest BCUT2D eigenvalue weighted by Gasteiger charge is 2.18. The number of methoxy groups -OCH3 is 3. The molecule has 1 heterocycles. The maximum Gasteiger partial charge on any atom is 0.332 e. The van der Waals surface area contributed by atoms with Gasteiger partial charge in [0.05, 0.1) is 38.2 Å². The first kappa shape index (κ1) is 27.7. The van der Waals surface area contributed by atoms with Crippen LogP contribution in [-0.4, -0.2) is 49.5 Å². The normalized spacial score (nSPS) is 11.0. The molecule has 0 spiro atoms. The average Bonchev–Trinajstić information content (AvgIpc) is 2.96. The smallest absolute Gasteiger partial charge is 0.332 e. The molecular formula is C30H33N3O6. The first-order valence-electron chi connectivity index (χ1n) is 12.7. The Morgan fingerprint density at radius 2 is 1.56 bits per heavy atom. The lowest BCUT2D eigenvalue weighted by Crippen LogP contribution is -2.40. The number of hydrogen-bond donors (Lipinski definition) is 1. The molecule has 1 N–H and O–H groups in total. The topological polar surface area (TPSA) is 101 Å². The Kier molecular flexibility index (Phi) is 8.83. The Morgan fingerprint density at radius 3 is 2.23 bits per heavy atom. The lowest BCUT2D eigenvalue weighted by Gasteiger charge is -2.17. The van der Waals surface area contributed by atoms with E-state index in [1.807, 2.05) is 31.2 Å². The van der Waals surface area contributed by atoms with Crippen LogP contribution >= 0.6 is 0 Å². The third-order valence-electron chi connectivity index (χ3n) is 6.69. The summed E-state index contributed by atoms with van der Waals surface area (Å²) in [5, 5.41) is 3.19. The van der Waals surface area contributed by atoms with Crippen molar-refractivity contribution in [2.24, 2.45) is 0 Å². The van der Waals surface area contributed by atoms with Gasteiger partial charge in [0.25, 0.3) is 11.5 Å². The molecule has 9 nitrogen and oxygen atoms in total. The van der Waals surface area contributed by atoms with E-state index in [-0.39, 0.29) is 19.0 Å². The summed E-state index contributed by atoms with van der Waals surface area (Å²) in [4.78, 5) is 39.8. The first-order chi connectivity index (χ1) is 18.9. The Bertz CT molecular complexity index is 1590. The molecule has 1 amide bonds. The maximum atomic E-state index is 13.8. The molecule has 204 valence electrons. The van der Waals surface area contributed by atoms with E-state index in [2.05, 4.69) is 5.32 Å². The van der Waals surface area contributed by atoms with Crippen molar-refractivity contribution in [2.45, 2.75) is 26.4 Å². The number of ether oxygens (including phenoxy) is 3. The molecule has 3 aromatic carbocycles. The molecule has 0 aliphatic rings. The van der Waals surface area contributed by atoms with Crippen LogP contribution in [0, 0.1) is 6.92 Å². The summed E-state index contributed by atoms with van der Waals surface area (Å²) >= 11 is 0. The molecule has 0 saturated carbocycles. The minimum atomic E-state index is -0.442. The van der Waals surface area contributed by atoms with Gasteiger partial charge in [-0.15, -0.1) is 0 Å². The number of nitrogens with one attached hydrogen (secondary N) is 1. The van der Waals surface area contributed by atoms with Crippen molar-refractivity contribution in [1.29, 1.82) is 0 Å². The second kappa shape index (κ2) is 12.4. The van der Waals surface area contributed by atoms with Gasteiger partial charge in [0.15, 0.2) is 11.5 Å². The van der Waals surface area contributed by atoms with E-state index < -0.39 is 11.2 Å². The number of hydrogen-bond acceptors (Lipinski definition) is 6. The Labute approximate surface area is 226 Å². The summed E-state index contributed by atoms with van der Waals surface area (Å²) in [5.74, 6) is 0.633. The zero-order valence-electron chi connectivity index (χ0n) is 22.7. The molecule has 1 aromatic heterocycles. The van der Waals surface area contributed by atoms with E-state index in [9.17, 15) is 14.4 Å². The van der Waals surface area contributed by atoms with Crippen LogP contribution in [0.1, 0.15) is 33.5 Å². The van der Waals surface area contributed by atoms with E-state index in [1.54, 1.807) is 48.1 Å². The van der Waals surface area contributed by atoms with Crippen molar-refractivity contribution in [2.75, 3.05) is 34.5 Å². The third kappa shape index (κ3) is 6.04. The first-order valence-corrected chi connectivity index (χ1v) is 12.7. The van der Waals surface area contributed by atoms with Gasteiger partial charge in [-0.25, -0.2) is 4.79 Å². The largest absolute Gasteiger partial charge is 0.493 e. The van der Waals surface area contributed by atoms with Gasteiger partial charge >= 0.3 is 5.69 Å². The van der Waals surface area contributed by atoms with Crippen LogP contribution < -0.4 is 26.0 Å². The van der Waals surface area contributed by atoms with Crippen LogP contribution in [-0.2, 0) is 17.8 Å². The Morgan fingerprint density at radius 1 is 0.872 bits per heavy atom. The number of nitrogens with zero attached hydrogens (tertiary/aromatic N) is 2. The van der Waals surface area contributed by atoms with Crippen molar-refractivity contribution in [3.63, 3.8) is 0 Å². The second-order valence-electron chi connectivity index (χ2n) is 9.21. The van der Waals surface area contributed by atoms with E-state index in [0.29, 0.717) is 46.7 Å². The van der Waals surface area contributed by atoms with E-state index >= 15 is 0 Å². The maximum absolute atomic E-state index is 13.8. The lowest BCUT2D eigenvalue weighted by atomic mass is 10.1. The molecule has 0 unspecified atom stereocenters. The molecule has 0 bridgehead atoms. The fourth-order valence-electron chi connectivity index (χ4n) is 4.46. The van der Waals surface area contributed by atoms with Crippen LogP contribution in [0.3, 0.4) is 0 Å². The van der Waals surface area contributed by atoms with Crippen LogP contribution in [0.25, 0.3) is 10.9 Å². The monoisotopic (exact) mass is 531 g/mol. The fourth-order valence-corrected chi connectivity index (χ4v) is 4.46. The van der Waals surface area contributed by atoms with Gasteiger partial charge in [0, 0.05) is 31.9 Å². The molecule has 39 heavy (non-hydrogen) atoms. The van der Waals surface area contributed by atoms with Gasteiger partial charge in [0.1, 0.15) is 0 Å². The van der Waals surface area contributed by atoms with Crippen LogP contribution in [0.15, 0.2) is 70.3 Å².